The highest BCUT2D eigenvalue weighted by Crippen LogP contribution is 2.12. The van der Waals surface area contributed by atoms with Gasteiger partial charge in [-0.05, 0) is 51.4 Å². The Morgan fingerprint density at radius 2 is 0.981 bits per heavy atom. The van der Waals surface area contributed by atoms with E-state index in [1.54, 1.807) is 21.1 Å². The molecule has 54 heavy (non-hydrogen) atoms. The molecule has 2 unspecified atom stereocenters. The van der Waals surface area contributed by atoms with Gasteiger partial charge in [-0.25, -0.2) is 0 Å². The van der Waals surface area contributed by atoms with E-state index in [2.05, 4.69) is 62.5 Å². The Morgan fingerprint density at radius 1 is 0.556 bits per heavy atom. The minimum absolute atomic E-state index is 0.0123. The van der Waals surface area contributed by atoms with E-state index < -0.39 is 18.1 Å². The molecule has 2 atom stereocenters. The van der Waals surface area contributed by atoms with Gasteiger partial charge >= 0.3 is 11.9 Å². The van der Waals surface area contributed by atoms with E-state index in [4.69, 9.17) is 14.2 Å². The predicted molar refractivity (Wildman–Crippen MR) is 221 cm³/mol. The Balaban J connectivity index is 4.51. The fraction of sp³-hybridized carbons (Fsp3) is 0.587. The number of unbranched alkanes of at least 4 members (excludes halogenated alkanes) is 10. The van der Waals surface area contributed by atoms with Gasteiger partial charge in [-0.1, -0.05) is 150 Å². The Morgan fingerprint density at radius 3 is 1.46 bits per heavy atom. The largest absolute Gasteiger partial charge is 0.544 e. The first-order valence-corrected chi connectivity index (χ1v) is 20.4. The molecule has 304 valence electrons. The van der Waals surface area contributed by atoms with E-state index in [1.165, 1.54) is 19.3 Å². The molecule has 0 aromatic carbocycles. The van der Waals surface area contributed by atoms with Gasteiger partial charge in [0, 0.05) is 19.3 Å². The number of quaternary nitrogens is 1. The van der Waals surface area contributed by atoms with Gasteiger partial charge in [0.1, 0.15) is 12.6 Å². The van der Waals surface area contributed by atoms with Crippen molar-refractivity contribution in [1.82, 2.24) is 0 Å². The van der Waals surface area contributed by atoms with Gasteiger partial charge in [0.2, 0.25) is 0 Å². The monoisotopic (exact) mass is 752 g/mol. The molecule has 0 aromatic rings. The number of aliphatic carboxylic acids is 1. The normalized spacial score (nSPS) is 14.0. The van der Waals surface area contributed by atoms with E-state index in [-0.39, 0.29) is 49.1 Å². The molecule has 0 saturated carbocycles. The van der Waals surface area contributed by atoms with Gasteiger partial charge in [0.25, 0.3) is 0 Å². The number of esters is 2. The minimum Gasteiger partial charge on any atom is -0.544 e. The van der Waals surface area contributed by atoms with Crippen LogP contribution in [-0.2, 0) is 28.6 Å². The fourth-order valence-corrected chi connectivity index (χ4v) is 5.27. The van der Waals surface area contributed by atoms with Crippen LogP contribution in [0.2, 0.25) is 0 Å². The summed E-state index contributed by atoms with van der Waals surface area (Å²) in [6.45, 7) is 4.29. The van der Waals surface area contributed by atoms with Crippen molar-refractivity contribution in [1.29, 1.82) is 0 Å². The van der Waals surface area contributed by atoms with Crippen molar-refractivity contribution in [2.45, 2.75) is 135 Å². The summed E-state index contributed by atoms with van der Waals surface area (Å²) in [6.07, 6.45) is 47.1. The van der Waals surface area contributed by atoms with Gasteiger partial charge in [-0.3, -0.25) is 9.59 Å². The van der Waals surface area contributed by atoms with Crippen molar-refractivity contribution in [2.75, 3.05) is 41.0 Å². The van der Waals surface area contributed by atoms with Crippen LogP contribution in [0.1, 0.15) is 123 Å². The van der Waals surface area contributed by atoms with Gasteiger partial charge in [-0.2, -0.15) is 0 Å². The first-order chi connectivity index (χ1) is 26.1. The number of nitrogens with zero attached hydrogens (tertiary/aromatic N) is 1. The number of hydrogen-bond acceptors (Lipinski definition) is 7. The molecule has 0 aliphatic heterocycles. The lowest BCUT2D eigenvalue weighted by atomic mass is 10.1. The van der Waals surface area contributed by atoms with Gasteiger partial charge in [0.15, 0.2) is 6.10 Å². The van der Waals surface area contributed by atoms with Crippen LogP contribution in [-0.4, -0.2) is 75.5 Å². The van der Waals surface area contributed by atoms with Crippen LogP contribution in [0.3, 0.4) is 0 Å². The molecular weight excluding hydrogens is 679 g/mol. The van der Waals surface area contributed by atoms with E-state index >= 15 is 0 Å². The average Bonchev–Trinajstić information content (AvgIpc) is 3.12. The minimum atomic E-state index is -1.14. The maximum absolute atomic E-state index is 12.7. The first-order valence-electron chi connectivity index (χ1n) is 20.4. The van der Waals surface area contributed by atoms with Crippen molar-refractivity contribution >= 4 is 17.9 Å². The third-order valence-corrected chi connectivity index (χ3v) is 8.41. The molecule has 0 aromatic heterocycles. The van der Waals surface area contributed by atoms with Crippen LogP contribution in [0, 0.1) is 0 Å². The van der Waals surface area contributed by atoms with Crippen LogP contribution < -0.4 is 5.11 Å². The number of hydrogen-bond donors (Lipinski definition) is 0. The summed E-state index contributed by atoms with van der Waals surface area (Å²) >= 11 is 0. The number of carboxylic acid groups (broad SMARTS) is 1. The average molecular weight is 752 g/mol. The lowest BCUT2D eigenvalue weighted by Crippen LogP contribution is -2.55. The van der Waals surface area contributed by atoms with Gasteiger partial charge < -0.3 is 28.6 Å². The number of carbonyl (C=O) groups is 3. The van der Waals surface area contributed by atoms with E-state index in [9.17, 15) is 19.5 Å². The second kappa shape index (κ2) is 36.2. The standard InChI is InChI=1S/C46H73NO7/c1-6-8-10-12-14-16-18-20-22-24-26-28-30-32-34-36-44(48)53-41-42(40-52-39-38-43(46(50)51)47(3,4)5)54-45(49)37-35-33-31-29-27-25-23-21-19-17-15-13-11-9-7-2/h8-19,21,23,25,27,42-43H,6-7,20,22,24,26,28-41H2,1-5H3/b10-8+,11-9+,14-12+,15-13+,18-16+,19-17+,23-21+,27-25+. The first kappa shape index (κ1) is 50.2. The molecule has 0 saturated heterocycles. The molecule has 8 nitrogen and oxygen atoms in total. The highest BCUT2D eigenvalue weighted by atomic mass is 16.6. The summed E-state index contributed by atoms with van der Waals surface area (Å²) in [4.78, 5) is 36.8. The van der Waals surface area contributed by atoms with Crippen LogP contribution in [0.15, 0.2) is 97.2 Å². The molecule has 0 spiro atoms. The maximum Gasteiger partial charge on any atom is 0.306 e. The molecule has 0 fully saturated rings. The van der Waals surface area contributed by atoms with Crippen LogP contribution in [0.25, 0.3) is 0 Å². The Kier molecular flexibility index (Phi) is 33.7. The van der Waals surface area contributed by atoms with Crippen molar-refractivity contribution < 1.29 is 38.2 Å². The molecule has 0 aliphatic rings. The van der Waals surface area contributed by atoms with Gasteiger partial charge in [-0.15, -0.1) is 0 Å². The van der Waals surface area contributed by atoms with Crippen LogP contribution >= 0.6 is 0 Å². The highest BCUT2D eigenvalue weighted by Gasteiger charge is 2.25. The Labute approximate surface area is 328 Å². The summed E-state index contributed by atoms with van der Waals surface area (Å²) in [7, 11) is 5.37. The zero-order valence-electron chi connectivity index (χ0n) is 34.3. The van der Waals surface area contributed by atoms with Crippen LogP contribution in [0.5, 0.6) is 0 Å². The lowest BCUT2D eigenvalue weighted by Gasteiger charge is -2.34. The number of carboxylic acids is 1. The summed E-state index contributed by atoms with van der Waals surface area (Å²) in [5.41, 5.74) is 0. The second-order valence-corrected chi connectivity index (χ2v) is 14.3. The number of rotatable bonds is 34. The highest BCUT2D eigenvalue weighted by molar-refractivity contribution is 5.70. The molecule has 0 heterocycles. The van der Waals surface area contributed by atoms with Crippen molar-refractivity contribution in [2.24, 2.45) is 0 Å². The van der Waals surface area contributed by atoms with Crippen LogP contribution in [0.4, 0.5) is 0 Å². The summed E-state index contributed by atoms with van der Waals surface area (Å²) in [5, 5.41) is 11.6. The summed E-state index contributed by atoms with van der Waals surface area (Å²) in [5.74, 6) is -1.82. The topological polar surface area (TPSA) is 102 Å². The summed E-state index contributed by atoms with van der Waals surface area (Å²) < 4.78 is 17.1. The van der Waals surface area contributed by atoms with E-state index in [1.807, 2.05) is 48.6 Å². The zero-order chi connectivity index (χ0) is 40.0. The van der Waals surface area contributed by atoms with Gasteiger partial charge in [0.05, 0.1) is 40.3 Å². The molecule has 8 heteroatoms. The van der Waals surface area contributed by atoms with Crippen molar-refractivity contribution in [3.8, 4) is 0 Å². The third-order valence-electron chi connectivity index (χ3n) is 8.41. The molecule has 0 rings (SSSR count). The predicted octanol–water partition coefficient (Wildman–Crippen LogP) is 9.40. The molecule has 0 N–H and O–H groups in total. The molecule has 0 radical (unpaired) electrons. The number of ether oxygens (including phenoxy) is 3. The fourth-order valence-electron chi connectivity index (χ4n) is 5.27. The van der Waals surface area contributed by atoms with E-state index in [0.717, 1.165) is 64.2 Å². The second-order valence-electron chi connectivity index (χ2n) is 14.3. The summed E-state index contributed by atoms with van der Waals surface area (Å²) in [6, 6.07) is -0.741. The Hall–Kier alpha value is -3.75. The van der Waals surface area contributed by atoms with E-state index in [0.29, 0.717) is 12.8 Å². The number of likely N-dealkylation sites (N-methyl/N-ethyl adjacent to an activating group) is 1. The molecule has 0 amide bonds. The number of allylic oxidation sites excluding steroid dienone is 16. The SMILES string of the molecule is CC/C=C/C=C/C=C/C=C/C=C/CCCCCC(=O)OC(COCCC(C(=O)[O-])[N+](C)(C)C)COC(=O)CCCCCCCCC/C=C/C=C/C=C/CC. The maximum atomic E-state index is 12.7. The molecule has 0 aliphatic carbocycles. The van der Waals surface area contributed by atoms with Crippen molar-refractivity contribution in [3.05, 3.63) is 97.2 Å². The quantitative estimate of drug-likeness (QED) is 0.0280. The third kappa shape index (κ3) is 34.0. The lowest BCUT2D eigenvalue weighted by molar-refractivity contribution is -0.889. The zero-order valence-corrected chi connectivity index (χ0v) is 34.3. The smallest absolute Gasteiger partial charge is 0.306 e. The molecular formula is C46H73NO7. The Bertz CT molecular complexity index is 1200. The van der Waals surface area contributed by atoms with Crippen molar-refractivity contribution in [3.63, 3.8) is 0 Å². The number of carbonyl (C=O) groups excluding carboxylic acids is 3. The molecule has 0 bridgehead atoms.